The highest BCUT2D eigenvalue weighted by Crippen LogP contribution is 2.30. The fourth-order valence-corrected chi connectivity index (χ4v) is 4.53. The van der Waals surface area contributed by atoms with Gasteiger partial charge in [-0.2, -0.15) is 0 Å². The van der Waals surface area contributed by atoms with Crippen molar-refractivity contribution in [1.82, 2.24) is 4.90 Å². The maximum atomic E-state index is 10.8. The van der Waals surface area contributed by atoms with Gasteiger partial charge in [0.1, 0.15) is 11.9 Å². The van der Waals surface area contributed by atoms with Crippen LogP contribution in [0.25, 0.3) is 0 Å². The summed E-state index contributed by atoms with van der Waals surface area (Å²) in [6.07, 6.45) is 3.08. The molecule has 4 rings (SSSR count). The average molecular weight is 441 g/mol. The summed E-state index contributed by atoms with van der Waals surface area (Å²) in [5.74, 6) is 0.819. The average Bonchev–Trinajstić information content (AvgIpc) is 3.32. The van der Waals surface area contributed by atoms with Gasteiger partial charge in [0.05, 0.1) is 31.5 Å². The highest BCUT2D eigenvalue weighted by molar-refractivity contribution is 5.48. The lowest BCUT2D eigenvalue weighted by Crippen LogP contribution is -2.35. The van der Waals surface area contributed by atoms with Crippen molar-refractivity contribution in [3.63, 3.8) is 0 Å². The normalized spacial score (nSPS) is 20.6. The zero-order valence-corrected chi connectivity index (χ0v) is 19.0. The third-order valence-corrected chi connectivity index (χ3v) is 6.44. The monoisotopic (exact) mass is 440 g/mol. The van der Waals surface area contributed by atoms with Crippen LogP contribution < -0.4 is 10.1 Å². The Hall–Kier alpha value is -2.12. The largest absolute Gasteiger partial charge is 0.490 e. The van der Waals surface area contributed by atoms with Crippen LogP contribution in [-0.2, 0) is 11.3 Å². The molecule has 32 heavy (non-hydrogen) atoms. The number of nitrogens with one attached hydrogen (secondary N) is 1. The Morgan fingerprint density at radius 2 is 1.78 bits per heavy atom. The Morgan fingerprint density at radius 1 is 1.06 bits per heavy atom. The van der Waals surface area contributed by atoms with E-state index in [2.05, 4.69) is 22.3 Å². The van der Waals surface area contributed by atoms with E-state index in [1.54, 1.807) is 6.92 Å². The topological polar surface area (TPSA) is 74.2 Å². The number of aliphatic hydroxyl groups excluding tert-OH is 2. The number of aliphatic hydroxyl groups is 2. The first-order valence-electron chi connectivity index (χ1n) is 11.9. The molecule has 0 bridgehead atoms. The Kier molecular flexibility index (Phi) is 8.03. The molecular formula is C26H36N2O4. The van der Waals surface area contributed by atoms with Gasteiger partial charge in [0.25, 0.3) is 0 Å². The number of nitrogens with zero attached hydrogens (tertiary/aromatic N) is 1. The zero-order valence-electron chi connectivity index (χ0n) is 19.0. The van der Waals surface area contributed by atoms with Crippen LogP contribution in [-0.4, -0.2) is 59.7 Å². The Balaban J connectivity index is 1.46. The fraction of sp³-hybridized carbons (Fsp3) is 0.538. The van der Waals surface area contributed by atoms with Crippen LogP contribution in [0.1, 0.15) is 49.8 Å². The summed E-state index contributed by atoms with van der Waals surface area (Å²) >= 11 is 0. The highest BCUT2D eigenvalue weighted by Gasteiger charge is 2.26. The van der Waals surface area contributed by atoms with Gasteiger partial charge < -0.3 is 25.0 Å². The van der Waals surface area contributed by atoms with Crippen molar-refractivity contribution in [2.24, 2.45) is 0 Å². The van der Waals surface area contributed by atoms with Crippen molar-refractivity contribution in [3.8, 4) is 5.75 Å². The van der Waals surface area contributed by atoms with E-state index < -0.39 is 18.2 Å². The van der Waals surface area contributed by atoms with Crippen LogP contribution in [0.5, 0.6) is 5.75 Å². The van der Waals surface area contributed by atoms with Gasteiger partial charge in [-0.25, -0.2) is 0 Å². The second kappa shape index (κ2) is 11.1. The van der Waals surface area contributed by atoms with Crippen LogP contribution >= 0.6 is 0 Å². The van der Waals surface area contributed by atoms with Gasteiger partial charge in [0, 0.05) is 25.3 Å². The van der Waals surface area contributed by atoms with E-state index in [1.807, 2.05) is 36.4 Å². The molecule has 6 nitrogen and oxygen atoms in total. The van der Waals surface area contributed by atoms with Crippen molar-refractivity contribution in [1.29, 1.82) is 0 Å². The third-order valence-electron chi connectivity index (χ3n) is 6.44. The summed E-state index contributed by atoms with van der Waals surface area (Å²) in [5, 5.41) is 24.3. The SMILES string of the molecule is C[C@H](O)[C@@H](O)[C@H](Nc1ccc(CN2CCOCC2)cc1)c1cccc(OC2CCCC2)c1. The molecule has 2 fully saturated rings. The molecule has 2 aliphatic rings. The van der Waals surface area contributed by atoms with Gasteiger partial charge in [-0.15, -0.1) is 0 Å². The minimum atomic E-state index is -0.954. The van der Waals surface area contributed by atoms with Crippen LogP contribution in [0.2, 0.25) is 0 Å². The second-order valence-electron chi connectivity index (χ2n) is 9.04. The van der Waals surface area contributed by atoms with Gasteiger partial charge in [0.15, 0.2) is 0 Å². The molecule has 1 aliphatic carbocycles. The molecule has 3 N–H and O–H groups in total. The molecule has 6 heteroatoms. The lowest BCUT2D eigenvalue weighted by Gasteiger charge is -2.28. The number of hydrogen-bond acceptors (Lipinski definition) is 6. The van der Waals surface area contributed by atoms with E-state index >= 15 is 0 Å². The van der Waals surface area contributed by atoms with Crippen molar-refractivity contribution in [2.75, 3.05) is 31.6 Å². The maximum absolute atomic E-state index is 10.8. The highest BCUT2D eigenvalue weighted by atomic mass is 16.5. The summed E-state index contributed by atoms with van der Waals surface area (Å²) in [4.78, 5) is 2.39. The molecule has 0 spiro atoms. The summed E-state index contributed by atoms with van der Waals surface area (Å²) in [6, 6.07) is 15.7. The summed E-state index contributed by atoms with van der Waals surface area (Å²) < 4.78 is 11.6. The molecule has 0 unspecified atom stereocenters. The van der Waals surface area contributed by atoms with Crippen molar-refractivity contribution >= 4 is 5.69 Å². The maximum Gasteiger partial charge on any atom is 0.120 e. The van der Waals surface area contributed by atoms with E-state index in [-0.39, 0.29) is 6.10 Å². The first-order valence-corrected chi connectivity index (χ1v) is 11.9. The van der Waals surface area contributed by atoms with Gasteiger partial charge in [0.2, 0.25) is 0 Å². The minimum absolute atomic E-state index is 0.275. The van der Waals surface area contributed by atoms with Crippen molar-refractivity contribution in [2.45, 2.75) is 63.5 Å². The lowest BCUT2D eigenvalue weighted by molar-refractivity contribution is 0.0189. The van der Waals surface area contributed by atoms with Gasteiger partial charge >= 0.3 is 0 Å². The molecule has 3 atom stereocenters. The molecule has 2 aromatic carbocycles. The van der Waals surface area contributed by atoms with Crippen LogP contribution in [0, 0.1) is 0 Å². The smallest absolute Gasteiger partial charge is 0.120 e. The first kappa shape index (κ1) is 23.1. The fourth-order valence-electron chi connectivity index (χ4n) is 4.53. The molecule has 1 saturated carbocycles. The number of rotatable bonds is 9. The van der Waals surface area contributed by atoms with Crippen LogP contribution in [0.4, 0.5) is 5.69 Å². The predicted octanol–water partition coefficient (Wildman–Crippen LogP) is 3.74. The molecular weight excluding hydrogens is 404 g/mol. The molecule has 1 saturated heterocycles. The quantitative estimate of drug-likeness (QED) is 0.552. The minimum Gasteiger partial charge on any atom is -0.490 e. The summed E-state index contributed by atoms with van der Waals surface area (Å²) in [7, 11) is 0. The standard InChI is InChI=1S/C26H36N2O4/c1-19(29)26(30)25(21-5-4-8-24(17-21)32-23-6-2-3-7-23)27-22-11-9-20(10-12-22)18-28-13-15-31-16-14-28/h4-5,8-12,17,19,23,25-27,29-30H,2-3,6-7,13-16,18H2,1H3/t19-,25+,26+/m0/s1. The van der Waals surface area contributed by atoms with Gasteiger partial charge in [-0.05, 0) is 68.0 Å². The summed E-state index contributed by atoms with van der Waals surface area (Å²) in [6.45, 7) is 6.03. The number of benzene rings is 2. The number of morpholine rings is 1. The number of ether oxygens (including phenoxy) is 2. The second-order valence-corrected chi connectivity index (χ2v) is 9.04. The molecule has 0 aromatic heterocycles. The molecule has 1 aliphatic heterocycles. The number of hydrogen-bond donors (Lipinski definition) is 3. The Morgan fingerprint density at radius 3 is 2.47 bits per heavy atom. The number of anilines is 1. The molecule has 174 valence electrons. The summed E-state index contributed by atoms with van der Waals surface area (Å²) in [5.41, 5.74) is 3.05. The molecule has 0 radical (unpaired) electrons. The van der Waals surface area contributed by atoms with Gasteiger partial charge in [-0.3, -0.25) is 4.90 Å². The first-order chi connectivity index (χ1) is 15.6. The zero-order chi connectivity index (χ0) is 22.3. The molecule has 2 aromatic rings. The van der Waals surface area contributed by atoms with Crippen molar-refractivity contribution in [3.05, 3.63) is 59.7 Å². The van der Waals surface area contributed by atoms with Gasteiger partial charge in [-0.1, -0.05) is 24.3 Å². The molecule has 1 heterocycles. The predicted molar refractivity (Wildman–Crippen MR) is 126 cm³/mol. The van der Waals surface area contributed by atoms with E-state index in [9.17, 15) is 10.2 Å². The van der Waals surface area contributed by atoms with Crippen molar-refractivity contribution < 1.29 is 19.7 Å². The van der Waals surface area contributed by atoms with E-state index in [1.165, 1.54) is 18.4 Å². The van der Waals surface area contributed by atoms with Crippen LogP contribution in [0.3, 0.4) is 0 Å². The van der Waals surface area contributed by atoms with E-state index in [0.29, 0.717) is 0 Å². The molecule has 0 amide bonds. The Bertz CT molecular complexity index is 830. The van der Waals surface area contributed by atoms with E-state index in [0.717, 1.165) is 62.7 Å². The lowest BCUT2D eigenvalue weighted by atomic mass is 9.97. The Labute approximate surface area is 191 Å². The van der Waals surface area contributed by atoms with E-state index in [4.69, 9.17) is 9.47 Å². The van der Waals surface area contributed by atoms with Crippen LogP contribution in [0.15, 0.2) is 48.5 Å². The third kappa shape index (κ3) is 6.23.